The number of hydrogen-bond acceptors (Lipinski definition) is 3. The standard InChI is InChI=1S/C54H33N3O/c1-2-15-35(16-3-1)51-45-23-6-8-28-47(45)55-54(56-51)57-48-31-30-34-14-4-5-21-40(34)50(48)46-27-12-24-41(52(46)57)38-19-10-17-36(32-38)37-18-11-20-39(33-37)42-25-13-26-44-43-22-7-9-29-49(43)58-53(42)44/h1-33H. The molecule has 0 spiro atoms. The van der Waals surface area contributed by atoms with Crippen LogP contribution in [-0.4, -0.2) is 14.5 Å². The van der Waals surface area contributed by atoms with Crippen LogP contribution in [0, 0.1) is 0 Å². The lowest BCUT2D eigenvalue weighted by atomic mass is 9.94. The van der Waals surface area contributed by atoms with Crippen molar-refractivity contribution in [3.63, 3.8) is 0 Å². The van der Waals surface area contributed by atoms with Crippen molar-refractivity contribution in [3.8, 4) is 50.6 Å². The van der Waals surface area contributed by atoms with Gasteiger partial charge in [0.15, 0.2) is 0 Å². The Morgan fingerprint density at radius 1 is 0.397 bits per heavy atom. The van der Waals surface area contributed by atoms with Gasteiger partial charge in [0.1, 0.15) is 11.2 Å². The van der Waals surface area contributed by atoms with Gasteiger partial charge in [0, 0.05) is 43.6 Å². The molecular formula is C54H33N3O. The number of nitrogens with zero attached hydrogens (tertiary/aromatic N) is 3. The molecular weight excluding hydrogens is 707 g/mol. The van der Waals surface area contributed by atoms with Crippen molar-refractivity contribution >= 4 is 65.4 Å². The van der Waals surface area contributed by atoms with Crippen LogP contribution in [-0.2, 0) is 0 Å². The van der Waals surface area contributed by atoms with Crippen LogP contribution >= 0.6 is 0 Å². The number of para-hydroxylation sites is 4. The quantitative estimate of drug-likeness (QED) is 0.177. The molecule has 0 saturated carbocycles. The predicted molar refractivity (Wildman–Crippen MR) is 240 cm³/mol. The predicted octanol–water partition coefficient (Wildman–Crippen LogP) is 14.4. The molecule has 58 heavy (non-hydrogen) atoms. The van der Waals surface area contributed by atoms with Crippen LogP contribution in [0.1, 0.15) is 0 Å². The van der Waals surface area contributed by atoms with Gasteiger partial charge in [-0.25, -0.2) is 9.97 Å². The molecule has 270 valence electrons. The molecule has 3 aromatic heterocycles. The van der Waals surface area contributed by atoms with Gasteiger partial charge >= 0.3 is 0 Å². The third kappa shape index (κ3) is 5.02. The molecule has 0 bridgehead atoms. The summed E-state index contributed by atoms with van der Waals surface area (Å²) in [5.74, 6) is 0.643. The van der Waals surface area contributed by atoms with E-state index in [1.165, 1.54) is 16.2 Å². The molecule has 12 rings (SSSR count). The van der Waals surface area contributed by atoms with Gasteiger partial charge in [0.2, 0.25) is 5.95 Å². The lowest BCUT2D eigenvalue weighted by Gasteiger charge is -2.14. The fraction of sp³-hybridized carbons (Fsp3) is 0. The van der Waals surface area contributed by atoms with E-state index in [0.29, 0.717) is 5.95 Å². The van der Waals surface area contributed by atoms with E-state index in [1.807, 2.05) is 18.2 Å². The van der Waals surface area contributed by atoms with E-state index >= 15 is 0 Å². The Balaban J connectivity index is 1.08. The molecule has 0 saturated heterocycles. The number of benzene rings is 9. The zero-order chi connectivity index (χ0) is 38.2. The first kappa shape index (κ1) is 32.4. The number of aromatic nitrogens is 3. The second-order valence-electron chi connectivity index (χ2n) is 14.9. The largest absolute Gasteiger partial charge is 0.455 e. The molecule has 0 N–H and O–H groups in total. The molecule has 9 aromatic carbocycles. The van der Waals surface area contributed by atoms with E-state index in [9.17, 15) is 0 Å². The summed E-state index contributed by atoms with van der Waals surface area (Å²) in [6, 6.07) is 70.9. The average molecular weight is 740 g/mol. The van der Waals surface area contributed by atoms with Crippen LogP contribution in [0.3, 0.4) is 0 Å². The van der Waals surface area contributed by atoms with Gasteiger partial charge in [-0.2, -0.15) is 0 Å². The topological polar surface area (TPSA) is 43.9 Å². The molecule has 0 atom stereocenters. The highest BCUT2D eigenvalue weighted by molar-refractivity contribution is 6.23. The summed E-state index contributed by atoms with van der Waals surface area (Å²) < 4.78 is 8.73. The van der Waals surface area contributed by atoms with Gasteiger partial charge in [0.05, 0.1) is 22.2 Å². The summed E-state index contributed by atoms with van der Waals surface area (Å²) in [5.41, 5.74) is 13.5. The first-order valence-electron chi connectivity index (χ1n) is 19.7. The minimum Gasteiger partial charge on any atom is -0.455 e. The number of fused-ring (bicyclic) bond motifs is 9. The van der Waals surface area contributed by atoms with Crippen molar-refractivity contribution in [2.75, 3.05) is 0 Å². The highest BCUT2D eigenvalue weighted by Gasteiger charge is 2.22. The first-order valence-corrected chi connectivity index (χ1v) is 19.7. The molecule has 12 aromatic rings. The third-order valence-corrected chi connectivity index (χ3v) is 11.6. The maximum Gasteiger partial charge on any atom is 0.235 e. The van der Waals surface area contributed by atoms with Crippen LogP contribution in [0.25, 0.3) is 116 Å². The zero-order valence-electron chi connectivity index (χ0n) is 31.3. The van der Waals surface area contributed by atoms with Crippen LogP contribution in [0.4, 0.5) is 0 Å². The molecule has 0 aliphatic heterocycles. The molecule has 0 aliphatic carbocycles. The van der Waals surface area contributed by atoms with Crippen molar-refractivity contribution < 1.29 is 4.42 Å². The van der Waals surface area contributed by atoms with Crippen LogP contribution in [0.2, 0.25) is 0 Å². The Hall–Kier alpha value is -7.82. The van der Waals surface area contributed by atoms with Gasteiger partial charge in [-0.05, 0) is 63.4 Å². The van der Waals surface area contributed by atoms with Gasteiger partial charge in [0.25, 0.3) is 0 Å². The Morgan fingerprint density at radius 2 is 1.00 bits per heavy atom. The summed E-state index contributed by atoms with van der Waals surface area (Å²) in [7, 11) is 0. The fourth-order valence-corrected chi connectivity index (χ4v) is 8.96. The average Bonchev–Trinajstić information content (AvgIpc) is 3.85. The number of hydrogen-bond donors (Lipinski definition) is 0. The minimum absolute atomic E-state index is 0.643. The first-order chi connectivity index (χ1) is 28.8. The van der Waals surface area contributed by atoms with Crippen LogP contribution < -0.4 is 0 Å². The van der Waals surface area contributed by atoms with Crippen molar-refractivity contribution in [2.45, 2.75) is 0 Å². The third-order valence-electron chi connectivity index (χ3n) is 11.6. The minimum atomic E-state index is 0.643. The lowest BCUT2D eigenvalue weighted by molar-refractivity contribution is 0.670. The maximum atomic E-state index is 6.44. The molecule has 0 fully saturated rings. The van der Waals surface area contributed by atoms with E-state index in [1.54, 1.807) is 0 Å². The van der Waals surface area contributed by atoms with Crippen LogP contribution in [0.5, 0.6) is 0 Å². The Bertz CT molecular complexity index is 3580. The highest BCUT2D eigenvalue weighted by atomic mass is 16.3. The Kier molecular flexibility index (Phi) is 7.20. The summed E-state index contributed by atoms with van der Waals surface area (Å²) >= 11 is 0. The number of rotatable bonds is 5. The number of furan rings is 1. The molecule has 0 aliphatic rings. The summed E-state index contributed by atoms with van der Waals surface area (Å²) in [6.45, 7) is 0. The van der Waals surface area contributed by atoms with E-state index in [2.05, 4.69) is 187 Å². The van der Waals surface area contributed by atoms with Gasteiger partial charge in [-0.3, -0.25) is 4.57 Å². The van der Waals surface area contributed by atoms with Crippen LogP contribution in [0.15, 0.2) is 205 Å². The van der Waals surface area contributed by atoms with Crippen molar-refractivity contribution in [3.05, 3.63) is 200 Å². The molecule has 4 heteroatoms. The fourth-order valence-electron chi connectivity index (χ4n) is 8.96. The molecule has 4 nitrogen and oxygen atoms in total. The van der Waals surface area contributed by atoms with Gasteiger partial charge < -0.3 is 4.42 Å². The lowest BCUT2D eigenvalue weighted by Crippen LogP contribution is -2.04. The molecule has 0 radical (unpaired) electrons. The van der Waals surface area contributed by atoms with Gasteiger partial charge in [-0.1, -0.05) is 170 Å². The zero-order valence-corrected chi connectivity index (χ0v) is 31.3. The van der Waals surface area contributed by atoms with E-state index < -0.39 is 0 Å². The Morgan fingerprint density at radius 3 is 1.83 bits per heavy atom. The normalized spacial score (nSPS) is 11.8. The molecule has 3 heterocycles. The maximum absolute atomic E-state index is 6.44. The van der Waals surface area contributed by atoms with E-state index in [4.69, 9.17) is 14.4 Å². The smallest absolute Gasteiger partial charge is 0.235 e. The Labute approximate surface area is 333 Å². The monoisotopic (exact) mass is 739 g/mol. The second kappa shape index (κ2) is 12.9. The summed E-state index contributed by atoms with van der Waals surface area (Å²) in [6.07, 6.45) is 0. The summed E-state index contributed by atoms with van der Waals surface area (Å²) in [5, 5.41) is 8.04. The van der Waals surface area contributed by atoms with E-state index in [-0.39, 0.29) is 0 Å². The summed E-state index contributed by atoms with van der Waals surface area (Å²) in [4.78, 5) is 10.7. The van der Waals surface area contributed by atoms with Crippen molar-refractivity contribution in [1.82, 2.24) is 14.5 Å². The SMILES string of the molecule is c1ccc(-c2nc(-n3c4ccc5ccccc5c4c4cccc(-c5cccc(-c6cccc(-c7cccc8c7oc7ccccc78)c6)c5)c43)nc3ccccc23)cc1. The molecule has 0 amide bonds. The highest BCUT2D eigenvalue weighted by Crippen LogP contribution is 2.43. The molecule has 0 unspecified atom stereocenters. The van der Waals surface area contributed by atoms with Gasteiger partial charge in [-0.15, -0.1) is 0 Å². The van der Waals surface area contributed by atoms with Crippen molar-refractivity contribution in [2.24, 2.45) is 0 Å². The van der Waals surface area contributed by atoms with E-state index in [0.717, 1.165) is 93.9 Å². The van der Waals surface area contributed by atoms with Crippen molar-refractivity contribution in [1.29, 1.82) is 0 Å². The second-order valence-corrected chi connectivity index (χ2v) is 14.9.